The smallest absolute Gasteiger partial charge is 0.335 e. The van der Waals surface area contributed by atoms with Gasteiger partial charge in [-0.25, -0.2) is 13.6 Å². The summed E-state index contributed by atoms with van der Waals surface area (Å²) >= 11 is 0. The van der Waals surface area contributed by atoms with Crippen molar-refractivity contribution in [1.29, 1.82) is 0 Å². The Morgan fingerprint density at radius 1 is 1.24 bits per heavy atom. The van der Waals surface area contributed by atoms with Gasteiger partial charge in [0.05, 0.1) is 12.7 Å². The third-order valence-corrected chi connectivity index (χ3v) is 8.55. The van der Waals surface area contributed by atoms with Crippen LogP contribution in [0, 0.1) is 12.3 Å². The lowest BCUT2D eigenvalue weighted by Gasteiger charge is -2.55. The number of alkyl halides is 2. The molecule has 0 unspecified atom stereocenters. The molecule has 3 aliphatic rings. The summed E-state index contributed by atoms with van der Waals surface area (Å²) in [6.07, 6.45) is 5.24. The highest BCUT2D eigenvalue weighted by Gasteiger charge is 2.58. The number of aromatic amines is 1. The number of likely N-dealkylation sites (tertiary alicyclic amines) is 1. The topological polar surface area (TPSA) is 77.6 Å². The van der Waals surface area contributed by atoms with E-state index >= 15 is 0 Å². The summed E-state index contributed by atoms with van der Waals surface area (Å²) in [6.45, 7) is 3.35. The summed E-state index contributed by atoms with van der Waals surface area (Å²) in [4.78, 5) is 17.4. The third-order valence-electron chi connectivity index (χ3n) is 8.55. The van der Waals surface area contributed by atoms with Crippen molar-refractivity contribution in [2.45, 2.75) is 70.0 Å². The average molecular weight is 510 g/mol. The Morgan fingerprint density at radius 2 is 2.03 bits per heavy atom. The number of benzene rings is 2. The largest absolute Gasteiger partial charge is 0.496 e. The van der Waals surface area contributed by atoms with Gasteiger partial charge in [-0.3, -0.25) is 4.90 Å². The van der Waals surface area contributed by atoms with E-state index in [-0.39, 0.29) is 29.9 Å². The van der Waals surface area contributed by atoms with Crippen molar-refractivity contribution in [2.24, 2.45) is 5.41 Å². The van der Waals surface area contributed by atoms with Crippen LogP contribution in [0.3, 0.4) is 0 Å². The lowest BCUT2D eigenvalue weighted by molar-refractivity contribution is -0.186. The first-order valence-corrected chi connectivity index (χ1v) is 13.1. The van der Waals surface area contributed by atoms with Crippen LogP contribution in [0.15, 0.2) is 36.5 Å². The molecule has 37 heavy (non-hydrogen) atoms. The van der Waals surface area contributed by atoms with Crippen molar-refractivity contribution in [3.63, 3.8) is 0 Å². The van der Waals surface area contributed by atoms with Crippen molar-refractivity contribution >= 4 is 22.6 Å². The van der Waals surface area contributed by atoms with Gasteiger partial charge in [0.2, 0.25) is 5.92 Å². The predicted molar refractivity (Wildman–Crippen MR) is 139 cm³/mol. The molecular formula is C29H33F2N3O3. The fourth-order valence-corrected chi connectivity index (χ4v) is 6.58. The minimum Gasteiger partial charge on any atom is -0.496 e. The minimum atomic E-state index is -2.59. The number of nitrogens with one attached hydrogen (secondary N) is 2. The number of hydrogen-bond acceptors (Lipinski definition) is 4. The molecule has 0 amide bonds. The number of carbonyl (C=O) groups is 1. The highest BCUT2D eigenvalue weighted by Crippen LogP contribution is 2.61. The van der Waals surface area contributed by atoms with Crippen LogP contribution >= 0.6 is 0 Å². The van der Waals surface area contributed by atoms with E-state index in [0.29, 0.717) is 25.6 Å². The first-order valence-electron chi connectivity index (χ1n) is 13.1. The number of carboxylic acid groups (broad SMARTS) is 1. The van der Waals surface area contributed by atoms with Crippen molar-refractivity contribution in [3.05, 3.63) is 58.8 Å². The number of piperidine rings is 1. The monoisotopic (exact) mass is 509 g/mol. The number of halogens is 2. The summed E-state index contributed by atoms with van der Waals surface area (Å²) in [5.41, 5.74) is 4.89. The maximum absolute atomic E-state index is 14.1. The number of H-pyrrole nitrogens is 1. The molecule has 1 atom stereocenters. The zero-order valence-electron chi connectivity index (χ0n) is 21.2. The van der Waals surface area contributed by atoms with Crippen LogP contribution in [0.4, 0.5) is 14.5 Å². The molecule has 1 spiro atoms. The maximum Gasteiger partial charge on any atom is 0.335 e. The highest BCUT2D eigenvalue weighted by molar-refractivity contribution is 5.89. The van der Waals surface area contributed by atoms with Gasteiger partial charge in [-0.2, -0.15) is 0 Å². The van der Waals surface area contributed by atoms with Gasteiger partial charge in [0.1, 0.15) is 5.75 Å². The molecule has 0 bridgehead atoms. The zero-order chi connectivity index (χ0) is 25.9. The lowest BCUT2D eigenvalue weighted by atomic mass is 9.58. The summed E-state index contributed by atoms with van der Waals surface area (Å²) in [7, 11) is 1.68. The van der Waals surface area contributed by atoms with Crippen molar-refractivity contribution in [3.8, 4) is 5.75 Å². The van der Waals surface area contributed by atoms with E-state index < -0.39 is 11.9 Å². The van der Waals surface area contributed by atoms with Crippen LogP contribution in [-0.4, -0.2) is 46.6 Å². The van der Waals surface area contributed by atoms with Crippen LogP contribution in [0.25, 0.3) is 10.9 Å². The van der Waals surface area contributed by atoms with Gasteiger partial charge in [0.15, 0.2) is 0 Å². The Bertz CT molecular complexity index is 1360. The molecule has 2 saturated carbocycles. The Hall–Kier alpha value is -3.13. The number of aryl methyl sites for hydroxylation is 1. The van der Waals surface area contributed by atoms with E-state index in [1.165, 1.54) is 0 Å². The van der Waals surface area contributed by atoms with Crippen LogP contribution in [0.2, 0.25) is 0 Å². The first kappa shape index (κ1) is 24.2. The highest BCUT2D eigenvalue weighted by atomic mass is 19.3. The molecule has 1 aliphatic heterocycles. The van der Waals surface area contributed by atoms with Crippen LogP contribution in [0.1, 0.15) is 71.6 Å². The molecular weight excluding hydrogens is 476 g/mol. The average Bonchev–Trinajstić information content (AvgIpc) is 3.51. The van der Waals surface area contributed by atoms with Gasteiger partial charge in [-0.05, 0) is 80.0 Å². The van der Waals surface area contributed by atoms with E-state index in [1.807, 2.05) is 18.3 Å². The number of rotatable bonds is 7. The number of nitrogens with zero attached hydrogens (tertiary/aromatic N) is 1. The van der Waals surface area contributed by atoms with Crippen molar-refractivity contribution in [2.75, 3.05) is 19.0 Å². The van der Waals surface area contributed by atoms with Gasteiger partial charge in [-0.1, -0.05) is 6.07 Å². The summed E-state index contributed by atoms with van der Waals surface area (Å²) < 4.78 is 34.0. The second kappa shape index (κ2) is 8.72. The summed E-state index contributed by atoms with van der Waals surface area (Å²) in [6, 6.07) is 9.56. The molecule has 6 nitrogen and oxygen atoms in total. The Labute approximate surface area is 215 Å². The molecule has 1 aromatic heterocycles. The van der Waals surface area contributed by atoms with Crippen molar-refractivity contribution in [1.82, 2.24) is 9.88 Å². The Balaban J connectivity index is 1.41. The minimum absolute atomic E-state index is 0.0706. The molecule has 2 heterocycles. The van der Waals surface area contributed by atoms with Gasteiger partial charge in [0.25, 0.3) is 0 Å². The van der Waals surface area contributed by atoms with E-state index in [4.69, 9.17) is 4.74 Å². The maximum atomic E-state index is 14.1. The van der Waals surface area contributed by atoms with E-state index in [9.17, 15) is 18.7 Å². The molecule has 3 N–H and O–H groups in total. The number of hydrogen-bond donors (Lipinski definition) is 3. The van der Waals surface area contributed by atoms with E-state index in [0.717, 1.165) is 58.3 Å². The van der Waals surface area contributed by atoms with Crippen LogP contribution < -0.4 is 10.1 Å². The van der Waals surface area contributed by atoms with E-state index in [2.05, 4.69) is 28.2 Å². The zero-order valence-corrected chi connectivity index (χ0v) is 21.2. The molecule has 196 valence electrons. The molecule has 3 fully saturated rings. The number of anilines is 1. The second-order valence-corrected chi connectivity index (χ2v) is 11.3. The first-order chi connectivity index (χ1) is 17.7. The second-order valence-electron chi connectivity index (χ2n) is 11.3. The van der Waals surface area contributed by atoms with Crippen LogP contribution in [-0.2, 0) is 6.54 Å². The Kier molecular flexibility index (Phi) is 5.71. The van der Waals surface area contributed by atoms with E-state index in [1.54, 1.807) is 19.2 Å². The number of fused-ring (bicyclic) bond motifs is 1. The quantitative estimate of drug-likeness (QED) is 0.338. The predicted octanol–water partition coefficient (Wildman–Crippen LogP) is 6.51. The third kappa shape index (κ3) is 4.45. The molecule has 6 rings (SSSR count). The molecule has 8 heteroatoms. The fourth-order valence-electron chi connectivity index (χ4n) is 6.58. The summed E-state index contributed by atoms with van der Waals surface area (Å²) in [5, 5.41) is 14.2. The standard InChI is InChI=1S/C29H33F2N3O3/c1-17-11-25(37-2)22(20-7-9-32-26(17)20)14-34-10-8-28(15-29(30,31)16-28)13-24(34)21-6-3-18(27(35)36)12-23(21)33-19-4-5-19/h3,6-7,9,11-12,19,24,32-33H,4-5,8,10,13-16H2,1-2H3,(H,35,36)/t24-/m1/s1. The molecule has 3 aromatic rings. The number of ether oxygens (including phenoxy) is 1. The van der Waals surface area contributed by atoms with Crippen LogP contribution in [0.5, 0.6) is 5.75 Å². The number of aromatic carboxylic acids is 1. The van der Waals surface area contributed by atoms with Gasteiger partial charge in [0, 0.05) is 59.8 Å². The lowest BCUT2D eigenvalue weighted by Crippen LogP contribution is -2.53. The number of aromatic nitrogens is 1. The summed E-state index contributed by atoms with van der Waals surface area (Å²) in [5.74, 6) is -2.75. The fraction of sp³-hybridized carbons (Fsp3) is 0.483. The molecule has 0 radical (unpaired) electrons. The Morgan fingerprint density at radius 3 is 2.70 bits per heavy atom. The van der Waals surface area contributed by atoms with Gasteiger partial charge >= 0.3 is 5.97 Å². The molecule has 1 saturated heterocycles. The number of carboxylic acids is 1. The van der Waals surface area contributed by atoms with Crippen molar-refractivity contribution < 1.29 is 23.4 Å². The number of methoxy groups -OCH3 is 1. The molecule has 2 aliphatic carbocycles. The SMILES string of the molecule is COc1cc(C)c2[nH]ccc2c1CN1CCC2(C[C@@H]1c1ccc(C(=O)O)cc1NC1CC1)CC(F)(F)C2. The van der Waals surface area contributed by atoms with Gasteiger partial charge in [-0.15, -0.1) is 0 Å². The normalized spacial score (nSPS) is 22.6. The van der Waals surface area contributed by atoms with Gasteiger partial charge < -0.3 is 20.1 Å². The molecule has 2 aromatic carbocycles.